The van der Waals surface area contributed by atoms with Crippen LogP contribution < -0.4 is 15.0 Å². The highest BCUT2D eigenvalue weighted by molar-refractivity contribution is 8.14. The Balaban J connectivity index is 1.64. The van der Waals surface area contributed by atoms with Gasteiger partial charge in [-0.05, 0) is 18.2 Å². The summed E-state index contributed by atoms with van der Waals surface area (Å²) in [5.41, 5.74) is 0.806. The van der Waals surface area contributed by atoms with E-state index in [-0.39, 0.29) is 48.9 Å². The molecule has 148 valence electrons. The molecule has 9 nitrogen and oxygen atoms in total. The van der Waals surface area contributed by atoms with E-state index in [1.165, 1.54) is 4.90 Å². The maximum Gasteiger partial charge on any atom is 0.288 e. The van der Waals surface area contributed by atoms with Crippen molar-refractivity contribution >= 4 is 46.2 Å². The second kappa shape index (κ2) is 8.42. The molecule has 1 aromatic carbocycles. The van der Waals surface area contributed by atoms with Crippen LogP contribution in [0.5, 0.6) is 5.75 Å². The number of nitrogens with zero attached hydrogens (tertiary/aromatic N) is 2. The van der Waals surface area contributed by atoms with Crippen molar-refractivity contribution in [3.8, 4) is 5.75 Å². The van der Waals surface area contributed by atoms with Crippen molar-refractivity contribution in [2.75, 3.05) is 36.9 Å². The van der Waals surface area contributed by atoms with Gasteiger partial charge >= 0.3 is 0 Å². The van der Waals surface area contributed by atoms with Gasteiger partial charge in [0.1, 0.15) is 12.3 Å². The number of ether oxygens (including phenoxy) is 1. The fourth-order valence-corrected chi connectivity index (χ4v) is 3.61. The van der Waals surface area contributed by atoms with E-state index in [2.05, 4.69) is 5.32 Å². The molecule has 1 fully saturated rings. The first-order valence-electron chi connectivity index (χ1n) is 8.75. The Kier molecular flexibility index (Phi) is 5.98. The molecular formula is C18H19N3O6S. The van der Waals surface area contributed by atoms with Crippen molar-refractivity contribution in [2.45, 2.75) is 13.3 Å². The molecule has 2 aliphatic heterocycles. The van der Waals surface area contributed by atoms with Gasteiger partial charge in [-0.3, -0.25) is 33.8 Å². The van der Waals surface area contributed by atoms with Crippen LogP contribution in [-0.4, -0.2) is 65.6 Å². The standard InChI is InChI=1S/C18H19N3O6S/c1-2-13(22)11-3-4-14-12(7-11)21(16(24)9-27-14)8-15(23)19-5-6-20-17(25)10-28-18(20)26/h3-4,7H,2,5-6,8-10H2,1H3,(H,19,23). The number of ketones is 1. The summed E-state index contributed by atoms with van der Waals surface area (Å²) in [5, 5.41) is 2.27. The normalized spacial score (nSPS) is 16.1. The summed E-state index contributed by atoms with van der Waals surface area (Å²) in [7, 11) is 0. The van der Waals surface area contributed by atoms with E-state index < -0.39 is 11.8 Å². The Labute approximate surface area is 165 Å². The molecule has 0 unspecified atom stereocenters. The number of imide groups is 1. The number of rotatable bonds is 7. The first kappa shape index (κ1) is 19.9. The molecule has 0 aromatic heterocycles. The Morgan fingerprint density at radius 3 is 2.64 bits per heavy atom. The number of carbonyl (C=O) groups excluding carboxylic acids is 5. The SMILES string of the molecule is CCC(=O)c1ccc2c(c1)N(CC(=O)NCCN1C(=O)CSC1=O)C(=O)CO2. The van der Waals surface area contributed by atoms with Crippen LogP contribution in [0.15, 0.2) is 18.2 Å². The fourth-order valence-electron chi connectivity index (χ4n) is 2.86. The van der Waals surface area contributed by atoms with Gasteiger partial charge in [-0.1, -0.05) is 18.7 Å². The average Bonchev–Trinajstić information content (AvgIpc) is 3.01. The van der Waals surface area contributed by atoms with E-state index in [4.69, 9.17) is 4.74 Å². The highest BCUT2D eigenvalue weighted by atomic mass is 32.2. The van der Waals surface area contributed by atoms with Gasteiger partial charge < -0.3 is 10.1 Å². The molecule has 0 atom stereocenters. The van der Waals surface area contributed by atoms with Crippen molar-refractivity contribution in [3.63, 3.8) is 0 Å². The second-order valence-corrected chi connectivity index (χ2v) is 7.10. The lowest BCUT2D eigenvalue weighted by Gasteiger charge is -2.29. The van der Waals surface area contributed by atoms with Gasteiger partial charge in [0.05, 0.1) is 11.4 Å². The van der Waals surface area contributed by atoms with Crippen LogP contribution >= 0.6 is 11.8 Å². The zero-order chi connectivity index (χ0) is 20.3. The van der Waals surface area contributed by atoms with E-state index in [1.807, 2.05) is 0 Å². The number of Topliss-reactive ketones (excluding diaryl/α,β-unsaturated/α-hetero) is 1. The van der Waals surface area contributed by atoms with Gasteiger partial charge in [0.2, 0.25) is 11.8 Å². The number of anilines is 1. The Bertz CT molecular complexity index is 840. The third kappa shape index (κ3) is 4.16. The van der Waals surface area contributed by atoms with Gasteiger partial charge in [-0.25, -0.2) is 0 Å². The highest BCUT2D eigenvalue weighted by Crippen LogP contribution is 2.33. The smallest absolute Gasteiger partial charge is 0.288 e. The molecule has 10 heteroatoms. The highest BCUT2D eigenvalue weighted by Gasteiger charge is 2.30. The lowest BCUT2D eigenvalue weighted by atomic mass is 10.1. The van der Waals surface area contributed by atoms with E-state index in [0.29, 0.717) is 23.4 Å². The van der Waals surface area contributed by atoms with E-state index >= 15 is 0 Å². The lowest BCUT2D eigenvalue weighted by molar-refractivity contribution is -0.126. The number of thioether (sulfide) groups is 1. The Hall–Kier alpha value is -2.88. The van der Waals surface area contributed by atoms with Gasteiger partial charge in [0, 0.05) is 25.1 Å². The number of benzene rings is 1. The summed E-state index contributed by atoms with van der Waals surface area (Å²) in [4.78, 5) is 61.9. The molecule has 4 amide bonds. The van der Waals surface area contributed by atoms with Crippen LogP contribution in [0.4, 0.5) is 10.5 Å². The minimum absolute atomic E-state index is 0.0805. The third-order valence-corrected chi connectivity index (χ3v) is 5.20. The number of hydrogen-bond donors (Lipinski definition) is 1. The Morgan fingerprint density at radius 2 is 1.96 bits per heavy atom. The zero-order valence-corrected chi connectivity index (χ0v) is 16.0. The predicted octanol–water partition coefficient (Wildman–Crippen LogP) is 0.816. The molecule has 0 radical (unpaired) electrons. The molecular weight excluding hydrogens is 386 g/mol. The average molecular weight is 405 g/mol. The molecule has 0 aliphatic carbocycles. The summed E-state index contributed by atoms with van der Waals surface area (Å²) in [6.07, 6.45) is 0.320. The molecule has 1 N–H and O–H groups in total. The minimum atomic E-state index is -0.444. The van der Waals surface area contributed by atoms with E-state index in [9.17, 15) is 24.0 Å². The maximum atomic E-state index is 12.3. The van der Waals surface area contributed by atoms with Crippen LogP contribution in [0.1, 0.15) is 23.7 Å². The number of hydrogen-bond acceptors (Lipinski definition) is 7. The largest absolute Gasteiger partial charge is 0.482 e. The van der Waals surface area contributed by atoms with Crippen molar-refractivity contribution in [1.82, 2.24) is 10.2 Å². The van der Waals surface area contributed by atoms with Crippen molar-refractivity contribution in [1.29, 1.82) is 0 Å². The van der Waals surface area contributed by atoms with Gasteiger partial charge in [-0.15, -0.1) is 0 Å². The number of amides is 4. The number of fused-ring (bicyclic) bond motifs is 1. The zero-order valence-electron chi connectivity index (χ0n) is 15.2. The topological polar surface area (TPSA) is 113 Å². The monoisotopic (exact) mass is 405 g/mol. The summed E-state index contributed by atoms with van der Waals surface area (Å²) < 4.78 is 5.37. The molecule has 0 bridgehead atoms. The second-order valence-electron chi connectivity index (χ2n) is 6.18. The summed E-state index contributed by atoms with van der Waals surface area (Å²) in [6, 6.07) is 4.78. The fraction of sp³-hybridized carbons (Fsp3) is 0.389. The van der Waals surface area contributed by atoms with Crippen LogP contribution in [0.3, 0.4) is 0 Å². The third-order valence-electron chi connectivity index (χ3n) is 4.34. The van der Waals surface area contributed by atoms with Gasteiger partial charge in [0.25, 0.3) is 11.1 Å². The summed E-state index contributed by atoms with van der Waals surface area (Å²) >= 11 is 0.929. The first-order valence-corrected chi connectivity index (χ1v) is 9.73. The van der Waals surface area contributed by atoms with Crippen LogP contribution in [-0.2, 0) is 14.4 Å². The molecule has 28 heavy (non-hydrogen) atoms. The first-order chi connectivity index (χ1) is 13.4. The Morgan fingerprint density at radius 1 is 1.18 bits per heavy atom. The van der Waals surface area contributed by atoms with Crippen molar-refractivity contribution in [3.05, 3.63) is 23.8 Å². The molecule has 2 heterocycles. The van der Waals surface area contributed by atoms with E-state index in [0.717, 1.165) is 16.7 Å². The van der Waals surface area contributed by atoms with Gasteiger partial charge in [0.15, 0.2) is 12.4 Å². The predicted molar refractivity (Wildman–Crippen MR) is 101 cm³/mol. The quantitative estimate of drug-likeness (QED) is 0.668. The molecule has 3 rings (SSSR count). The maximum absolute atomic E-state index is 12.3. The summed E-state index contributed by atoms with van der Waals surface area (Å²) in [6.45, 7) is 1.46. The molecule has 2 aliphatic rings. The lowest BCUT2D eigenvalue weighted by Crippen LogP contribution is -2.46. The van der Waals surface area contributed by atoms with Crippen LogP contribution in [0.25, 0.3) is 0 Å². The van der Waals surface area contributed by atoms with Crippen LogP contribution in [0, 0.1) is 0 Å². The van der Waals surface area contributed by atoms with Crippen molar-refractivity contribution in [2.24, 2.45) is 0 Å². The van der Waals surface area contributed by atoms with Crippen LogP contribution in [0.2, 0.25) is 0 Å². The summed E-state index contributed by atoms with van der Waals surface area (Å²) in [5.74, 6) is -0.668. The molecule has 0 spiro atoms. The van der Waals surface area contributed by atoms with Crippen molar-refractivity contribution < 1.29 is 28.7 Å². The molecule has 1 aromatic rings. The van der Waals surface area contributed by atoms with E-state index in [1.54, 1.807) is 25.1 Å². The molecule has 0 saturated carbocycles. The molecule has 1 saturated heterocycles. The number of carbonyl (C=O) groups is 5. The minimum Gasteiger partial charge on any atom is -0.482 e. The number of nitrogens with one attached hydrogen (secondary N) is 1. The van der Waals surface area contributed by atoms with Gasteiger partial charge in [-0.2, -0.15) is 0 Å².